The highest BCUT2D eigenvalue weighted by atomic mass is 16.8. The molecule has 0 saturated carbocycles. The number of aliphatic hydroxyl groups is 3. The number of rotatable bonds is 16. The zero-order valence-electron chi connectivity index (χ0n) is 46.1. The Morgan fingerprint density at radius 1 is 0.853 bits per heavy atom. The van der Waals surface area contributed by atoms with Crippen LogP contribution >= 0.6 is 0 Å². The number of carbonyl (C=O) groups excluding carboxylic acids is 3. The number of methoxy groups -OCH3 is 2. The third-order valence-corrected chi connectivity index (χ3v) is 15.2. The second kappa shape index (κ2) is 27.1. The van der Waals surface area contributed by atoms with E-state index in [-0.39, 0.29) is 45.5 Å². The zero-order chi connectivity index (χ0) is 55.4. The fraction of sp³-hybridized carbons (Fsp3) is 0.679. The summed E-state index contributed by atoms with van der Waals surface area (Å²) >= 11 is 0. The molecule has 1 amide bonds. The number of amides is 1. The van der Waals surface area contributed by atoms with Crippen molar-refractivity contribution >= 4 is 23.9 Å². The van der Waals surface area contributed by atoms with Crippen molar-refractivity contribution in [1.29, 1.82) is 0 Å². The quantitative estimate of drug-likeness (QED) is 0.0486. The summed E-state index contributed by atoms with van der Waals surface area (Å²) in [6, 6.07) is 17.3. The van der Waals surface area contributed by atoms with Crippen molar-refractivity contribution in [3.8, 4) is 0 Å². The van der Waals surface area contributed by atoms with Gasteiger partial charge in [0.25, 0.3) is 0 Å². The molecule has 3 fully saturated rings. The minimum Gasteiger partial charge on any atom is -0.459 e. The van der Waals surface area contributed by atoms with Crippen LogP contribution in [0.5, 0.6) is 0 Å². The van der Waals surface area contributed by atoms with E-state index in [9.17, 15) is 29.7 Å². The molecule has 3 saturated heterocycles. The number of cyclic esters (lactones) is 1. The summed E-state index contributed by atoms with van der Waals surface area (Å²) in [5.74, 6) is -4.24. The minimum absolute atomic E-state index is 0.0296. The lowest BCUT2D eigenvalue weighted by Gasteiger charge is -2.49. The second-order valence-corrected chi connectivity index (χ2v) is 21.2. The molecule has 19 nitrogen and oxygen atoms in total. The van der Waals surface area contributed by atoms with Crippen LogP contribution in [-0.2, 0) is 70.2 Å². The number of aliphatic hydroxyl groups excluding tert-OH is 1. The summed E-state index contributed by atoms with van der Waals surface area (Å²) in [5, 5.41) is 41.5. The molecule has 420 valence electrons. The molecule has 0 bridgehead atoms. The van der Waals surface area contributed by atoms with E-state index in [1.807, 2.05) is 43.3 Å². The van der Waals surface area contributed by atoms with Crippen molar-refractivity contribution in [2.75, 3.05) is 27.9 Å². The highest BCUT2D eigenvalue weighted by Gasteiger charge is 2.55. The summed E-state index contributed by atoms with van der Waals surface area (Å²) in [6.07, 6.45) is -11.2. The number of benzene rings is 2. The minimum atomic E-state index is -1.92. The van der Waals surface area contributed by atoms with Crippen LogP contribution in [0.4, 0.5) is 9.59 Å². The van der Waals surface area contributed by atoms with Crippen molar-refractivity contribution in [1.82, 2.24) is 4.90 Å². The summed E-state index contributed by atoms with van der Waals surface area (Å²) in [4.78, 5) is 49.7. The van der Waals surface area contributed by atoms with Gasteiger partial charge in [-0.1, -0.05) is 106 Å². The first kappa shape index (κ1) is 61.2. The van der Waals surface area contributed by atoms with Gasteiger partial charge in [-0.3, -0.25) is 4.79 Å². The van der Waals surface area contributed by atoms with Crippen LogP contribution < -0.4 is 0 Å². The maximum atomic E-state index is 14.8. The van der Waals surface area contributed by atoms with E-state index in [0.717, 1.165) is 5.56 Å². The number of ether oxygens (including phenoxy) is 10. The molecule has 19 heteroatoms. The highest BCUT2D eigenvalue weighted by molar-refractivity contribution is 5.89. The number of carbonyl (C=O) groups is 3. The molecule has 0 spiro atoms. The zero-order valence-corrected chi connectivity index (χ0v) is 46.1. The van der Waals surface area contributed by atoms with Crippen LogP contribution in [-0.4, -0.2) is 156 Å². The highest BCUT2D eigenvalue weighted by Crippen LogP contribution is 2.42. The fourth-order valence-electron chi connectivity index (χ4n) is 11.0. The van der Waals surface area contributed by atoms with Crippen LogP contribution in [0, 0.1) is 23.7 Å². The predicted octanol–water partition coefficient (Wildman–Crippen LogP) is 7.50. The van der Waals surface area contributed by atoms with Gasteiger partial charge in [0.15, 0.2) is 18.7 Å². The number of oxime groups is 1. The normalized spacial score (nSPS) is 37.6. The molecule has 0 aromatic heterocycles. The molecule has 18 atom stereocenters. The van der Waals surface area contributed by atoms with Gasteiger partial charge in [0.1, 0.15) is 37.6 Å². The van der Waals surface area contributed by atoms with Gasteiger partial charge in [0, 0.05) is 45.4 Å². The van der Waals surface area contributed by atoms with Crippen molar-refractivity contribution in [3.63, 3.8) is 0 Å². The van der Waals surface area contributed by atoms with E-state index in [1.165, 1.54) is 32.2 Å². The van der Waals surface area contributed by atoms with E-state index in [2.05, 4.69) is 11.7 Å². The third kappa shape index (κ3) is 15.3. The van der Waals surface area contributed by atoms with E-state index in [1.54, 1.807) is 86.6 Å². The standard InChI is InChI=1S/C56H84N2O17/c1-15-27-69-57-44-33(3)29-54(9,63)48(36(6)45(73-43-30-55(10,66-14)47(59)38(8)71-43)37(7)50(60)72-42(16-2)56(11,64)49(65-13)35(44)5)75-51-46(74-53(62)68-32-40-25-21-18-22-26-40)41(28-34(4)70-51)58(12)52(61)67-31-39-23-19-17-20-24-39/h15,17-26,33-38,41-43,45-49,51,59,63-64H,1,16,27-32H2,2-14H3/b57-44+/t33-,34-,35+,36+,37-,38+,41+,42-,43+,45+,46-,47+,48-,49-,51+,54-,55-,56-/m1/s1. The van der Waals surface area contributed by atoms with Crippen LogP contribution in [0.1, 0.15) is 106 Å². The van der Waals surface area contributed by atoms with Crippen LogP contribution in [0.3, 0.4) is 0 Å². The number of hydrogen-bond donors (Lipinski definition) is 3. The third-order valence-electron chi connectivity index (χ3n) is 15.2. The monoisotopic (exact) mass is 1060 g/mol. The van der Waals surface area contributed by atoms with Gasteiger partial charge in [-0.15, -0.1) is 0 Å². The summed E-state index contributed by atoms with van der Waals surface area (Å²) < 4.78 is 62.5. The first-order valence-electron chi connectivity index (χ1n) is 26.1. The molecule has 75 heavy (non-hydrogen) atoms. The molecular weight excluding hydrogens is 973 g/mol. The van der Waals surface area contributed by atoms with Gasteiger partial charge < -0.3 is 72.4 Å². The van der Waals surface area contributed by atoms with Crippen LogP contribution in [0.15, 0.2) is 78.5 Å². The Morgan fingerprint density at radius 2 is 1.47 bits per heavy atom. The average Bonchev–Trinajstić information content (AvgIpc) is 3.37. The molecule has 2 aromatic rings. The lowest BCUT2D eigenvalue weighted by molar-refractivity contribution is -0.318. The Bertz CT molecular complexity index is 2160. The molecule has 3 aliphatic rings. The van der Waals surface area contributed by atoms with Gasteiger partial charge in [0.05, 0.1) is 59.4 Å². The summed E-state index contributed by atoms with van der Waals surface area (Å²) in [5.41, 5.74) is -2.99. The maximum absolute atomic E-state index is 14.8. The Balaban J connectivity index is 1.66. The van der Waals surface area contributed by atoms with Gasteiger partial charge in [0.2, 0.25) is 0 Å². The Labute approximate surface area is 443 Å². The average molecular weight is 1060 g/mol. The topological polar surface area (TPSA) is 229 Å². The number of esters is 1. The molecule has 0 aliphatic carbocycles. The smallest absolute Gasteiger partial charge is 0.459 e. The lowest BCUT2D eigenvalue weighted by Crippen LogP contribution is -2.62. The van der Waals surface area contributed by atoms with Crippen LogP contribution in [0.2, 0.25) is 0 Å². The van der Waals surface area contributed by atoms with Crippen molar-refractivity contribution in [2.24, 2.45) is 28.8 Å². The van der Waals surface area contributed by atoms with Gasteiger partial charge in [-0.25, -0.2) is 9.59 Å². The number of nitrogens with zero attached hydrogens (tertiary/aromatic N) is 2. The maximum Gasteiger partial charge on any atom is 0.509 e. The van der Waals surface area contributed by atoms with E-state index in [4.69, 9.17) is 52.2 Å². The lowest BCUT2D eigenvalue weighted by atomic mass is 9.73. The van der Waals surface area contributed by atoms with Crippen LogP contribution in [0.25, 0.3) is 0 Å². The largest absolute Gasteiger partial charge is 0.509 e. The Morgan fingerprint density at radius 3 is 2.04 bits per heavy atom. The SMILES string of the molecule is C=CCO/N=C1\[C@H](C)C[C@@](C)(O)[C@H](O[C@@H]2O[C@H](C)C[C@H](N(C)C(=O)OCc3ccccc3)[C@H]2OC(=O)OCc2ccccc2)[C@@H](C)[C@H](O[C@H]2C[C@@](C)(OC)[C@@H](O)[C@H](C)O2)[C@@H](C)C(=O)O[C@H](CC)[C@@](C)(O)[C@H](OC)[C@H]1C. The van der Waals surface area contributed by atoms with E-state index >= 15 is 0 Å². The first-order chi connectivity index (χ1) is 35.4. The molecule has 5 rings (SSSR count). The molecule has 3 heterocycles. The molecule has 3 aliphatic heterocycles. The van der Waals surface area contributed by atoms with Gasteiger partial charge >= 0.3 is 18.2 Å². The summed E-state index contributed by atoms with van der Waals surface area (Å²) in [6.45, 7) is 20.7. The second-order valence-electron chi connectivity index (χ2n) is 21.2. The Hall–Kier alpha value is -4.70. The van der Waals surface area contributed by atoms with Gasteiger partial charge in [-0.2, -0.15) is 0 Å². The Kier molecular flexibility index (Phi) is 22.1. The van der Waals surface area contributed by atoms with E-state index in [0.29, 0.717) is 11.3 Å². The van der Waals surface area contributed by atoms with E-state index < -0.39 is 126 Å². The first-order valence-corrected chi connectivity index (χ1v) is 26.1. The molecule has 2 aromatic carbocycles. The summed E-state index contributed by atoms with van der Waals surface area (Å²) in [7, 11) is 4.45. The van der Waals surface area contributed by atoms with Gasteiger partial charge in [-0.05, 0) is 71.9 Å². The van der Waals surface area contributed by atoms with Crippen molar-refractivity contribution < 1.29 is 81.9 Å². The fourth-order valence-corrected chi connectivity index (χ4v) is 11.0. The molecule has 0 unspecified atom stereocenters. The molecule has 3 N–H and O–H groups in total. The predicted molar refractivity (Wildman–Crippen MR) is 276 cm³/mol. The van der Waals surface area contributed by atoms with Crippen molar-refractivity contribution in [2.45, 2.75) is 192 Å². The molecular formula is C56H84N2O17. The number of hydrogen-bond acceptors (Lipinski definition) is 18. The molecule has 0 radical (unpaired) electrons. The van der Waals surface area contributed by atoms with Crippen molar-refractivity contribution in [3.05, 3.63) is 84.4 Å². The number of likely N-dealkylation sites (N-methyl/N-ethyl adjacent to an activating group) is 1.